The van der Waals surface area contributed by atoms with E-state index >= 15 is 0 Å². The number of nitrogens with zero attached hydrogens (tertiary/aromatic N) is 1. The molecule has 2 unspecified atom stereocenters. The first-order valence-electron chi connectivity index (χ1n) is 7.74. The van der Waals surface area contributed by atoms with Crippen LogP contribution >= 0.6 is 11.3 Å². The van der Waals surface area contributed by atoms with Crippen LogP contribution in [0.15, 0.2) is 48.7 Å². The van der Waals surface area contributed by atoms with Crippen molar-refractivity contribution >= 4 is 47.6 Å². The van der Waals surface area contributed by atoms with Crippen molar-refractivity contribution in [3.05, 3.63) is 48.7 Å². The van der Waals surface area contributed by atoms with Crippen molar-refractivity contribution in [2.75, 3.05) is 0 Å². The van der Waals surface area contributed by atoms with Gasteiger partial charge in [-0.1, -0.05) is 0 Å². The van der Waals surface area contributed by atoms with E-state index in [1.165, 1.54) is 18.2 Å². The molecule has 1 saturated heterocycles. The predicted molar refractivity (Wildman–Crippen MR) is 96.2 cm³/mol. The van der Waals surface area contributed by atoms with Gasteiger partial charge >= 0.3 is 150 Å². The summed E-state index contributed by atoms with van der Waals surface area (Å²) >= 11 is -0.785. The zero-order valence-corrected chi connectivity index (χ0v) is 17.1. The molecule has 2 atom stereocenters. The summed E-state index contributed by atoms with van der Waals surface area (Å²) in [7, 11) is 0. The molecule has 1 aliphatic rings. The molecule has 1 fully saturated rings. The van der Waals surface area contributed by atoms with Gasteiger partial charge in [-0.05, 0) is 0 Å². The summed E-state index contributed by atoms with van der Waals surface area (Å²) in [5, 5.41) is 1.28. The summed E-state index contributed by atoms with van der Waals surface area (Å²) in [5.74, 6) is 0. The summed E-state index contributed by atoms with van der Waals surface area (Å²) in [6, 6.07) is 14.6. The number of hydrogen-bond donors (Lipinski definition) is 0. The first-order chi connectivity index (χ1) is 11.2. The number of thiophene rings is 1. The minimum absolute atomic E-state index is 0.280. The number of pyridine rings is 1. The normalized spacial score (nSPS) is 22.5. The molecule has 3 heterocycles. The van der Waals surface area contributed by atoms with Crippen LogP contribution in [0.3, 0.4) is 0 Å². The van der Waals surface area contributed by atoms with Crippen molar-refractivity contribution in [3.8, 4) is 10.6 Å². The fraction of sp³-hybridized carbons (Fsp3) is 0.278. The van der Waals surface area contributed by atoms with Gasteiger partial charge in [0.15, 0.2) is 0 Å². The third-order valence-corrected chi connectivity index (χ3v) is 12.4. The Labute approximate surface area is 149 Å². The average Bonchev–Trinajstić information content (AvgIpc) is 2.94. The summed E-state index contributed by atoms with van der Waals surface area (Å²) in [4.78, 5) is 5.79. The van der Waals surface area contributed by atoms with Crippen molar-refractivity contribution in [2.24, 2.45) is 0 Å². The van der Waals surface area contributed by atoms with Crippen LogP contribution in [0.4, 0.5) is 0 Å². The molecule has 0 spiro atoms. The SMILES string of the molecule is CC1CC(C)[O][Po]([c]2c(-c3ccccn3)sc3ccccc23)[O]1. The maximum absolute atomic E-state index is 6.32. The number of aromatic nitrogens is 1. The second-order valence-corrected chi connectivity index (χ2v) is 11.7. The second kappa shape index (κ2) is 6.57. The molecule has 0 amide bonds. The summed E-state index contributed by atoms with van der Waals surface area (Å²) in [6.07, 6.45) is 3.39. The molecule has 2 aromatic heterocycles. The number of fused-ring (bicyclic) bond motifs is 1. The van der Waals surface area contributed by atoms with Crippen LogP contribution in [-0.2, 0) is 5.54 Å². The van der Waals surface area contributed by atoms with Gasteiger partial charge in [-0.3, -0.25) is 0 Å². The Morgan fingerprint density at radius 2 is 1.78 bits per heavy atom. The Kier molecular flexibility index (Phi) is 4.47. The van der Waals surface area contributed by atoms with E-state index in [0.717, 1.165) is 12.1 Å². The van der Waals surface area contributed by atoms with Crippen LogP contribution in [0.5, 0.6) is 0 Å². The van der Waals surface area contributed by atoms with E-state index in [9.17, 15) is 0 Å². The molecule has 1 aromatic carbocycles. The molecular weight excluding hydrogens is 503 g/mol. The van der Waals surface area contributed by atoms with Crippen molar-refractivity contribution in [1.82, 2.24) is 4.98 Å². The van der Waals surface area contributed by atoms with Gasteiger partial charge in [-0.25, -0.2) is 0 Å². The van der Waals surface area contributed by atoms with Crippen LogP contribution < -0.4 is 3.22 Å². The Balaban J connectivity index is 1.89. The fourth-order valence-electron chi connectivity index (χ4n) is 2.82. The van der Waals surface area contributed by atoms with E-state index in [-0.39, 0.29) is 12.2 Å². The molecule has 1 aliphatic heterocycles. The molecule has 0 N–H and O–H groups in total. The first kappa shape index (κ1) is 15.7. The molecule has 5 heteroatoms. The van der Waals surface area contributed by atoms with E-state index < -0.39 is 23.0 Å². The van der Waals surface area contributed by atoms with E-state index in [1.807, 2.05) is 18.3 Å². The van der Waals surface area contributed by atoms with Crippen molar-refractivity contribution in [1.29, 1.82) is 0 Å². The summed E-state index contributed by atoms with van der Waals surface area (Å²) in [6.45, 7) is 4.32. The first-order valence-corrected chi connectivity index (χ1v) is 12.7. The molecular formula is C18H18NO2PoS. The monoisotopic (exact) mass is 521 g/mol. The fourth-order valence-corrected chi connectivity index (χ4v) is 11.5. The molecule has 0 saturated carbocycles. The van der Waals surface area contributed by atoms with Gasteiger partial charge < -0.3 is 0 Å². The Hall–Kier alpha value is -0.854. The molecule has 0 bridgehead atoms. The Morgan fingerprint density at radius 1 is 1.04 bits per heavy atom. The van der Waals surface area contributed by atoms with E-state index in [1.54, 1.807) is 11.3 Å². The van der Waals surface area contributed by atoms with E-state index in [2.05, 4.69) is 49.2 Å². The molecule has 3 nitrogen and oxygen atoms in total. The standard InChI is InChI=1S/C13H8NS.C5H10O2.Po/c1-2-7-12-10(5-1)9-13(15-12)11-6-3-4-8-14-11;1-4(6)3-5(2)7;/h1-8H;4-5H,3H2,1-2H3;/q;-2;+2. The van der Waals surface area contributed by atoms with Crippen LogP contribution in [0.2, 0.25) is 0 Å². The zero-order chi connectivity index (χ0) is 15.8. The predicted octanol–water partition coefficient (Wildman–Crippen LogP) is 3.87. The third-order valence-electron chi connectivity index (χ3n) is 3.78. The summed E-state index contributed by atoms with van der Waals surface area (Å²) < 4.78 is 15.2. The van der Waals surface area contributed by atoms with Gasteiger partial charge in [0, 0.05) is 0 Å². The molecule has 4 rings (SSSR count). The van der Waals surface area contributed by atoms with Crippen molar-refractivity contribution in [3.63, 3.8) is 0 Å². The minimum atomic E-state index is -2.58. The zero-order valence-electron chi connectivity index (χ0n) is 13.1. The molecule has 3 aromatic rings. The second-order valence-electron chi connectivity index (χ2n) is 5.76. The van der Waals surface area contributed by atoms with Crippen LogP contribution in [-0.4, -0.2) is 40.1 Å². The van der Waals surface area contributed by atoms with Crippen LogP contribution in [0.25, 0.3) is 20.7 Å². The van der Waals surface area contributed by atoms with E-state index in [0.29, 0.717) is 0 Å². The van der Waals surface area contributed by atoms with Gasteiger partial charge in [-0.2, -0.15) is 0 Å². The average molecular weight is 521 g/mol. The van der Waals surface area contributed by atoms with Gasteiger partial charge in [0.05, 0.1) is 0 Å². The Morgan fingerprint density at radius 3 is 2.52 bits per heavy atom. The van der Waals surface area contributed by atoms with Gasteiger partial charge in [0.25, 0.3) is 0 Å². The van der Waals surface area contributed by atoms with E-state index in [4.69, 9.17) is 5.54 Å². The molecule has 1 radical (unpaired) electrons. The van der Waals surface area contributed by atoms with Gasteiger partial charge in [-0.15, -0.1) is 0 Å². The Bertz CT molecular complexity index is 810. The third kappa shape index (κ3) is 3.08. The molecule has 0 aliphatic carbocycles. The number of hydrogen-bond acceptors (Lipinski definition) is 4. The molecule has 23 heavy (non-hydrogen) atoms. The summed E-state index contributed by atoms with van der Waals surface area (Å²) in [5.41, 5.74) is 1.02. The van der Waals surface area contributed by atoms with Crippen LogP contribution in [0.1, 0.15) is 20.3 Å². The van der Waals surface area contributed by atoms with Gasteiger partial charge in [0.2, 0.25) is 0 Å². The van der Waals surface area contributed by atoms with Crippen molar-refractivity contribution < 1.29 is 5.54 Å². The van der Waals surface area contributed by atoms with Gasteiger partial charge in [0.1, 0.15) is 0 Å². The van der Waals surface area contributed by atoms with Crippen LogP contribution in [0, 0.1) is 0 Å². The quantitative estimate of drug-likeness (QED) is 0.514. The molecule has 119 valence electrons. The number of benzene rings is 1. The maximum atomic E-state index is 6.32. The number of rotatable bonds is 2. The topological polar surface area (TPSA) is 31.4 Å². The van der Waals surface area contributed by atoms with Crippen molar-refractivity contribution in [2.45, 2.75) is 32.5 Å².